The van der Waals surface area contributed by atoms with E-state index in [-0.39, 0.29) is 6.08 Å². The molecule has 0 spiro atoms. The Morgan fingerprint density at radius 1 is 1.57 bits per heavy atom. The maximum absolute atomic E-state index is 10.9. The van der Waals surface area contributed by atoms with Crippen LogP contribution in [0.1, 0.15) is 0 Å². The highest BCUT2D eigenvalue weighted by Gasteiger charge is 1.92. The summed E-state index contributed by atoms with van der Waals surface area (Å²) in [6.07, 6.45) is -0.167. The number of allylic oxidation sites excluding steroid dienone is 1. The second-order valence-corrected chi connectivity index (χ2v) is 0.771. The van der Waals surface area contributed by atoms with Crippen molar-refractivity contribution in [3.8, 4) is 0 Å². The number of carbonyl (C=O) groups excluding carboxylic acids is 1. The van der Waals surface area contributed by atoms with Crippen LogP contribution in [-0.4, -0.2) is 11.1 Å². The average molecular weight is 108 g/mol. The van der Waals surface area contributed by atoms with Crippen LogP contribution < -0.4 is 0 Å². The molecule has 0 unspecified atom stereocenters. The smallest absolute Gasteiger partial charge is 0.331 e. The van der Waals surface area contributed by atoms with Gasteiger partial charge >= 0.3 is 6.04 Å². The number of hydrogen-bond donors (Lipinski definition) is 1. The molecule has 0 atom stereocenters. The average Bonchev–Trinajstić information content (AvgIpc) is 1.27. The van der Waals surface area contributed by atoms with E-state index in [0.29, 0.717) is 0 Å². The first-order valence-corrected chi connectivity index (χ1v) is 1.38. The van der Waals surface area contributed by atoms with Gasteiger partial charge in [-0.05, 0) is 0 Å². The van der Waals surface area contributed by atoms with E-state index in [1.807, 2.05) is 0 Å². The van der Waals surface area contributed by atoms with Crippen molar-refractivity contribution in [1.82, 2.24) is 0 Å². The molecule has 40 valence electrons. The van der Waals surface area contributed by atoms with Gasteiger partial charge in [-0.1, -0.05) is 0 Å². The summed E-state index contributed by atoms with van der Waals surface area (Å²) in [5.74, 6) is 0. The zero-order chi connectivity index (χ0) is 5.86. The minimum absolute atomic E-state index is 0.167. The summed E-state index contributed by atoms with van der Waals surface area (Å²) in [7, 11) is 0. The molecule has 2 nitrogen and oxygen atoms in total. The van der Waals surface area contributed by atoms with E-state index in [1.54, 1.807) is 0 Å². The van der Waals surface area contributed by atoms with Crippen LogP contribution in [0.5, 0.6) is 0 Å². The molecule has 0 fully saturated rings. The Hall–Kier alpha value is -0.930. The van der Waals surface area contributed by atoms with Crippen molar-refractivity contribution in [2.75, 3.05) is 0 Å². The molecule has 0 aliphatic heterocycles. The first-order chi connectivity index (χ1) is 3.13. The van der Waals surface area contributed by atoms with Crippen molar-refractivity contribution in [1.29, 1.82) is 0 Å². The molecule has 0 saturated heterocycles. The molecule has 0 heterocycles. The van der Waals surface area contributed by atoms with E-state index >= 15 is 0 Å². The van der Waals surface area contributed by atoms with Gasteiger partial charge in [0.15, 0.2) is 0 Å². The van der Waals surface area contributed by atoms with Crippen LogP contribution in [0, 0.1) is 0 Å². The molecule has 0 aromatic carbocycles. The molecule has 0 radical (unpaired) electrons. The third-order valence-corrected chi connectivity index (χ3v) is 0.233. The van der Waals surface area contributed by atoms with Crippen LogP contribution in [-0.2, 0) is 4.79 Å². The molecule has 0 aromatic heterocycles. The van der Waals surface area contributed by atoms with Gasteiger partial charge < -0.3 is 5.11 Å². The Kier molecular flexibility index (Phi) is 1.98. The van der Waals surface area contributed by atoms with Gasteiger partial charge in [0.2, 0.25) is 0 Å². The highest BCUT2D eigenvalue weighted by Crippen LogP contribution is 1.87. The van der Waals surface area contributed by atoms with Crippen LogP contribution >= 0.6 is 0 Å². The van der Waals surface area contributed by atoms with Gasteiger partial charge in [-0.3, -0.25) is 4.79 Å². The lowest BCUT2D eigenvalue weighted by Crippen LogP contribution is -1.79. The summed E-state index contributed by atoms with van der Waals surface area (Å²) in [5, 5.41) is 7.46. The lowest BCUT2D eigenvalue weighted by molar-refractivity contribution is -0.124. The van der Waals surface area contributed by atoms with E-state index in [9.17, 15) is 8.78 Å². The van der Waals surface area contributed by atoms with Crippen molar-refractivity contribution in [3.63, 3.8) is 0 Å². The minimum atomic E-state index is -2.00. The molecule has 0 bridgehead atoms. The van der Waals surface area contributed by atoms with E-state index in [0.717, 1.165) is 0 Å². The molecule has 0 aromatic rings. The van der Waals surface area contributed by atoms with Gasteiger partial charge in [0, 0.05) is 0 Å². The molecule has 4 heteroatoms. The maximum atomic E-state index is 10.9. The normalized spacial score (nSPS) is 11.4. The Balaban J connectivity index is 3.68. The Bertz CT molecular complexity index is 104. The Morgan fingerprint density at radius 3 is 2.00 bits per heavy atom. The fourth-order valence-corrected chi connectivity index (χ4v) is 0.0936. The van der Waals surface area contributed by atoms with Crippen LogP contribution in [0.4, 0.5) is 8.78 Å². The van der Waals surface area contributed by atoms with Crippen LogP contribution in [0.3, 0.4) is 0 Å². The lowest BCUT2D eigenvalue weighted by Gasteiger charge is -1.73. The Labute approximate surface area is 38.1 Å². The van der Waals surface area contributed by atoms with Crippen LogP contribution in [0.15, 0.2) is 12.1 Å². The summed E-state index contributed by atoms with van der Waals surface area (Å²) in [6, 6.07) is -3.81. The molecule has 7 heavy (non-hydrogen) atoms. The summed E-state index contributed by atoms with van der Waals surface area (Å²) in [4.78, 5) is 9.11. The van der Waals surface area contributed by atoms with Gasteiger partial charge in [-0.15, -0.1) is 0 Å². The van der Waals surface area contributed by atoms with E-state index in [2.05, 4.69) is 0 Å². The summed E-state index contributed by atoms with van der Waals surface area (Å²) < 4.78 is 21.7. The fourth-order valence-electron chi connectivity index (χ4n) is 0.0936. The van der Waals surface area contributed by atoms with Gasteiger partial charge in [-0.25, -0.2) is 0 Å². The van der Waals surface area contributed by atoms with E-state index < -0.39 is 12.0 Å². The number of carbonyl (C=O) groups is 1. The third-order valence-electron chi connectivity index (χ3n) is 0.233. The Morgan fingerprint density at radius 2 is 2.00 bits per heavy atom. The summed E-state index contributed by atoms with van der Waals surface area (Å²) in [6.45, 7) is 0. The maximum Gasteiger partial charge on any atom is 0.331 e. The molecule has 1 N–H and O–H groups in total. The molecule has 0 aliphatic carbocycles. The quantitative estimate of drug-likeness (QED) is 0.307. The highest BCUT2D eigenvalue weighted by molar-refractivity contribution is 5.80. The van der Waals surface area contributed by atoms with Crippen LogP contribution in [0.25, 0.3) is 0 Å². The van der Waals surface area contributed by atoms with E-state index in [4.69, 9.17) is 9.90 Å². The fraction of sp³-hybridized carbons (Fsp3) is 0. The molecular weight excluding hydrogens is 106 g/mol. The second kappa shape index (κ2) is 2.28. The molecule has 0 saturated carbocycles. The minimum Gasteiger partial charge on any atom is -0.486 e. The van der Waals surface area contributed by atoms with Gasteiger partial charge in [-0.2, -0.15) is 8.78 Å². The van der Waals surface area contributed by atoms with Crippen LogP contribution in [0.2, 0.25) is 0 Å². The lowest BCUT2D eigenvalue weighted by atomic mass is 10.7. The number of hydrogen-bond acceptors (Lipinski definition) is 2. The van der Waals surface area contributed by atoms with E-state index in [1.165, 1.54) is 0 Å². The number of rotatable bonds is 1. The van der Waals surface area contributed by atoms with Gasteiger partial charge in [0.1, 0.15) is 0 Å². The zero-order valence-corrected chi connectivity index (χ0v) is 3.19. The standard InChI is InChI=1S/C3H2F2O2/c4-2(6)1-3(5)7/h1,6H/b2-1-. The number of aliphatic hydroxyl groups excluding tert-OH is 1. The first kappa shape index (κ1) is 6.07. The topological polar surface area (TPSA) is 37.3 Å². The molecular formula is C3H2F2O2. The van der Waals surface area contributed by atoms with Crippen molar-refractivity contribution in [2.45, 2.75) is 0 Å². The predicted molar refractivity (Wildman–Crippen MR) is 17.9 cm³/mol. The van der Waals surface area contributed by atoms with Gasteiger partial charge in [0.25, 0.3) is 6.01 Å². The monoisotopic (exact) mass is 108 g/mol. The van der Waals surface area contributed by atoms with Gasteiger partial charge in [0.05, 0.1) is 6.08 Å². The highest BCUT2D eigenvalue weighted by atomic mass is 19.1. The van der Waals surface area contributed by atoms with Crippen molar-refractivity contribution < 1.29 is 18.7 Å². The predicted octanol–water partition coefficient (Wildman–Crippen LogP) is 0.851. The largest absolute Gasteiger partial charge is 0.486 e. The molecule has 0 amide bonds. The molecule has 0 aliphatic rings. The zero-order valence-electron chi connectivity index (χ0n) is 3.19. The van der Waals surface area contributed by atoms with Crippen molar-refractivity contribution >= 4 is 6.04 Å². The summed E-state index contributed by atoms with van der Waals surface area (Å²) in [5.41, 5.74) is 0. The third kappa shape index (κ3) is 5.07. The van der Waals surface area contributed by atoms with Crippen molar-refractivity contribution in [2.24, 2.45) is 0 Å². The first-order valence-electron chi connectivity index (χ1n) is 1.38. The SMILES string of the molecule is O=C(F)/C=C(\O)F. The van der Waals surface area contributed by atoms with Crippen molar-refractivity contribution in [3.05, 3.63) is 12.1 Å². The number of aliphatic hydroxyl groups is 1. The number of halogens is 2. The summed E-state index contributed by atoms with van der Waals surface area (Å²) >= 11 is 0. The molecule has 0 rings (SSSR count). The second-order valence-electron chi connectivity index (χ2n) is 0.771.